The van der Waals surface area contributed by atoms with Gasteiger partial charge in [-0.3, -0.25) is 14.5 Å². The molecule has 1 saturated heterocycles. The van der Waals surface area contributed by atoms with E-state index >= 15 is 0 Å². The summed E-state index contributed by atoms with van der Waals surface area (Å²) in [5.41, 5.74) is 3.71. The zero-order valence-electron chi connectivity index (χ0n) is 22.7. The van der Waals surface area contributed by atoms with Gasteiger partial charge in [-0.2, -0.15) is 5.10 Å². The molecule has 2 atom stereocenters. The quantitative estimate of drug-likeness (QED) is 0.291. The molecular weight excluding hydrogens is 508 g/mol. The molecule has 2 aromatic heterocycles. The number of methoxy groups -OCH3 is 1. The summed E-state index contributed by atoms with van der Waals surface area (Å²) in [5.74, 6) is 0.692. The number of anilines is 2. The highest BCUT2D eigenvalue weighted by Crippen LogP contribution is 2.31. The van der Waals surface area contributed by atoms with E-state index in [-0.39, 0.29) is 36.7 Å². The molecule has 3 heterocycles. The van der Waals surface area contributed by atoms with Gasteiger partial charge in [-0.05, 0) is 48.2 Å². The Morgan fingerprint density at radius 2 is 1.95 bits per heavy atom. The third kappa shape index (κ3) is 6.40. The summed E-state index contributed by atoms with van der Waals surface area (Å²) in [4.78, 5) is 32.3. The van der Waals surface area contributed by atoms with Gasteiger partial charge in [-0.25, -0.2) is 9.50 Å². The SMILES string of the molecule is CNC(=O)[C@@H]1CN(Cc2ccn3ncnc(Nc4cccc(OC)c4)c23)CC[C@H]1CC(=O)OCc1ccccc1. The van der Waals surface area contributed by atoms with Crippen LogP contribution >= 0.6 is 0 Å². The maximum Gasteiger partial charge on any atom is 0.306 e. The molecule has 0 unspecified atom stereocenters. The topological polar surface area (TPSA) is 110 Å². The maximum absolute atomic E-state index is 12.9. The normalized spacial score (nSPS) is 17.4. The van der Waals surface area contributed by atoms with Crippen LogP contribution in [0.15, 0.2) is 73.2 Å². The molecular formula is C30H34N6O4. The molecule has 208 valence electrons. The predicted molar refractivity (Wildman–Crippen MR) is 151 cm³/mol. The van der Waals surface area contributed by atoms with Crippen molar-refractivity contribution in [2.45, 2.75) is 26.0 Å². The number of hydrogen-bond acceptors (Lipinski definition) is 8. The van der Waals surface area contributed by atoms with Crippen LogP contribution in [0.4, 0.5) is 11.5 Å². The Kier molecular flexibility index (Phi) is 8.56. The summed E-state index contributed by atoms with van der Waals surface area (Å²) in [7, 11) is 3.28. The van der Waals surface area contributed by atoms with Crippen molar-refractivity contribution < 1.29 is 19.1 Å². The van der Waals surface area contributed by atoms with Gasteiger partial charge in [0.25, 0.3) is 0 Å². The van der Waals surface area contributed by atoms with Gasteiger partial charge in [0.1, 0.15) is 24.2 Å². The van der Waals surface area contributed by atoms with Crippen LogP contribution in [0.5, 0.6) is 5.75 Å². The van der Waals surface area contributed by atoms with Crippen molar-refractivity contribution in [1.29, 1.82) is 0 Å². The van der Waals surface area contributed by atoms with E-state index in [9.17, 15) is 9.59 Å². The summed E-state index contributed by atoms with van der Waals surface area (Å²) in [6, 6.07) is 19.3. The van der Waals surface area contributed by atoms with Crippen molar-refractivity contribution in [3.05, 3.63) is 84.3 Å². The summed E-state index contributed by atoms with van der Waals surface area (Å²) in [5, 5.41) is 10.6. The van der Waals surface area contributed by atoms with E-state index in [4.69, 9.17) is 9.47 Å². The Hall–Kier alpha value is -4.44. The number of carbonyl (C=O) groups excluding carboxylic acids is 2. The third-order valence-corrected chi connectivity index (χ3v) is 7.36. The van der Waals surface area contributed by atoms with Crippen LogP contribution in [0.2, 0.25) is 0 Å². The van der Waals surface area contributed by atoms with Crippen LogP contribution in [-0.2, 0) is 27.5 Å². The highest BCUT2D eigenvalue weighted by atomic mass is 16.5. The van der Waals surface area contributed by atoms with E-state index in [0.717, 1.165) is 41.0 Å². The lowest BCUT2D eigenvalue weighted by atomic mass is 9.82. The molecule has 0 spiro atoms. The van der Waals surface area contributed by atoms with Crippen molar-refractivity contribution in [2.24, 2.45) is 11.8 Å². The largest absolute Gasteiger partial charge is 0.497 e. The highest BCUT2D eigenvalue weighted by Gasteiger charge is 2.35. The zero-order chi connectivity index (χ0) is 27.9. The Bertz CT molecular complexity index is 1460. The minimum atomic E-state index is -0.317. The van der Waals surface area contributed by atoms with Gasteiger partial charge in [0.05, 0.1) is 13.0 Å². The third-order valence-electron chi connectivity index (χ3n) is 7.36. The summed E-state index contributed by atoms with van der Waals surface area (Å²) in [6.07, 6.45) is 4.37. The van der Waals surface area contributed by atoms with E-state index in [2.05, 4.69) is 25.6 Å². The van der Waals surface area contributed by atoms with Crippen molar-refractivity contribution in [3.8, 4) is 5.75 Å². The number of esters is 1. The number of benzene rings is 2. The first-order chi connectivity index (χ1) is 19.5. The fraction of sp³-hybridized carbons (Fsp3) is 0.333. The summed E-state index contributed by atoms with van der Waals surface area (Å²) < 4.78 is 12.7. The molecule has 10 nitrogen and oxygen atoms in total. The molecule has 2 N–H and O–H groups in total. The van der Waals surface area contributed by atoms with E-state index in [0.29, 0.717) is 18.9 Å². The maximum atomic E-state index is 12.9. The second-order valence-electron chi connectivity index (χ2n) is 9.95. The Morgan fingerprint density at radius 1 is 1.10 bits per heavy atom. The van der Waals surface area contributed by atoms with E-state index in [1.54, 1.807) is 18.7 Å². The van der Waals surface area contributed by atoms with Crippen molar-refractivity contribution >= 4 is 28.9 Å². The average molecular weight is 543 g/mol. The van der Waals surface area contributed by atoms with E-state index in [1.807, 2.05) is 66.9 Å². The summed E-state index contributed by atoms with van der Waals surface area (Å²) >= 11 is 0. The second kappa shape index (κ2) is 12.6. The van der Waals surface area contributed by atoms with Crippen molar-refractivity contribution in [3.63, 3.8) is 0 Å². The smallest absolute Gasteiger partial charge is 0.306 e. The first-order valence-electron chi connectivity index (χ1n) is 13.4. The number of carbonyl (C=O) groups is 2. The van der Waals surface area contributed by atoms with Crippen molar-refractivity contribution in [1.82, 2.24) is 24.8 Å². The minimum Gasteiger partial charge on any atom is -0.497 e. The number of ether oxygens (including phenoxy) is 2. The molecule has 2 aromatic carbocycles. The Labute approximate surface area is 233 Å². The number of nitrogens with zero attached hydrogens (tertiary/aromatic N) is 4. The fourth-order valence-electron chi connectivity index (χ4n) is 5.27. The number of nitrogens with one attached hydrogen (secondary N) is 2. The molecule has 1 fully saturated rings. The number of aromatic nitrogens is 3. The minimum absolute atomic E-state index is 0.0592. The number of rotatable bonds is 10. The molecule has 0 saturated carbocycles. The van der Waals surface area contributed by atoms with Crippen LogP contribution in [0, 0.1) is 11.8 Å². The van der Waals surface area contributed by atoms with Crippen LogP contribution in [-0.4, -0.2) is 58.6 Å². The molecule has 0 aliphatic carbocycles. The van der Waals surface area contributed by atoms with E-state index in [1.165, 1.54) is 6.33 Å². The first-order valence-corrected chi connectivity index (χ1v) is 13.4. The lowest BCUT2D eigenvalue weighted by Gasteiger charge is -2.37. The van der Waals surface area contributed by atoms with E-state index < -0.39 is 0 Å². The predicted octanol–water partition coefficient (Wildman–Crippen LogP) is 3.80. The lowest BCUT2D eigenvalue weighted by Crippen LogP contribution is -2.47. The molecule has 10 heteroatoms. The number of amides is 1. The molecule has 0 bridgehead atoms. The van der Waals surface area contributed by atoms with Crippen LogP contribution in [0.1, 0.15) is 24.0 Å². The van der Waals surface area contributed by atoms with Gasteiger partial charge in [-0.15, -0.1) is 0 Å². The van der Waals surface area contributed by atoms with Gasteiger partial charge < -0.3 is 20.1 Å². The summed E-state index contributed by atoms with van der Waals surface area (Å²) in [6.45, 7) is 2.15. The number of piperidine rings is 1. The van der Waals surface area contributed by atoms with Gasteiger partial charge in [0, 0.05) is 44.5 Å². The standard InChI is InChI=1S/C30H34N6O4/c1-31-30(38)26-18-35(13-11-22(26)15-27(37)40-19-21-7-4-3-5-8-21)17-23-12-14-36-28(23)29(32-20-33-36)34-24-9-6-10-25(16-24)39-2/h3-10,12,14,16,20,22,26H,11,13,15,17-19H2,1-2H3,(H,31,38)(H,32,33,34)/t22-,26+/m0/s1. The van der Waals surface area contributed by atoms with Crippen molar-refractivity contribution in [2.75, 3.05) is 32.6 Å². The molecule has 5 rings (SSSR count). The monoisotopic (exact) mass is 542 g/mol. The second-order valence-corrected chi connectivity index (χ2v) is 9.95. The fourth-order valence-corrected chi connectivity index (χ4v) is 5.27. The lowest BCUT2D eigenvalue weighted by molar-refractivity contribution is -0.147. The average Bonchev–Trinajstić information content (AvgIpc) is 3.40. The molecule has 0 radical (unpaired) electrons. The van der Waals surface area contributed by atoms with Crippen LogP contribution < -0.4 is 15.4 Å². The number of likely N-dealkylation sites (tertiary alicyclic amines) is 1. The molecule has 1 aliphatic rings. The van der Waals surface area contributed by atoms with Crippen LogP contribution in [0.3, 0.4) is 0 Å². The van der Waals surface area contributed by atoms with Gasteiger partial charge in [0.2, 0.25) is 5.91 Å². The zero-order valence-corrected chi connectivity index (χ0v) is 22.7. The van der Waals surface area contributed by atoms with Crippen LogP contribution in [0.25, 0.3) is 5.52 Å². The Morgan fingerprint density at radius 3 is 2.75 bits per heavy atom. The number of hydrogen-bond donors (Lipinski definition) is 2. The first kappa shape index (κ1) is 27.1. The molecule has 4 aromatic rings. The highest BCUT2D eigenvalue weighted by molar-refractivity contribution is 5.80. The van der Waals surface area contributed by atoms with Gasteiger partial charge in [0.15, 0.2) is 5.82 Å². The van der Waals surface area contributed by atoms with Gasteiger partial charge >= 0.3 is 5.97 Å². The molecule has 1 amide bonds. The molecule has 40 heavy (non-hydrogen) atoms. The molecule has 1 aliphatic heterocycles. The Balaban J connectivity index is 1.27. The number of fused-ring (bicyclic) bond motifs is 1. The van der Waals surface area contributed by atoms with Gasteiger partial charge in [-0.1, -0.05) is 36.4 Å².